The first-order valence-corrected chi connectivity index (χ1v) is 7.75. The second-order valence-corrected chi connectivity index (χ2v) is 6.87. The molecule has 0 bridgehead atoms. The fourth-order valence-electron chi connectivity index (χ4n) is 2.92. The molecule has 1 atom stereocenters. The van der Waals surface area contributed by atoms with Crippen LogP contribution in [0.5, 0.6) is 0 Å². The fourth-order valence-corrected chi connectivity index (χ4v) is 3.18. The maximum Gasteiger partial charge on any atom is 0.0486 e. The number of benzene rings is 1. The zero-order valence-electron chi connectivity index (χ0n) is 12.8. The van der Waals surface area contributed by atoms with Crippen molar-refractivity contribution >= 4 is 11.6 Å². The van der Waals surface area contributed by atoms with Gasteiger partial charge in [-0.2, -0.15) is 0 Å². The largest absolute Gasteiger partial charge is 0.329 e. The van der Waals surface area contributed by atoms with Gasteiger partial charge in [0.25, 0.3) is 0 Å². The minimum absolute atomic E-state index is 0.228. The quantitative estimate of drug-likeness (QED) is 0.931. The molecule has 1 aliphatic heterocycles. The second-order valence-electron chi connectivity index (χ2n) is 6.47. The number of rotatable bonds is 3. The van der Waals surface area contributed by atoms with Gasteiger partial charge >= 0.3 is 0 Å². The van der Waals surface area contributed by atoms with Gasteiger partial charge in [0, 0.05) is 49.3 Å². The zero-order valence-corrected chi connectivity index (χ0v) is 13.5. The fraction of sp³-hybridized carbons (Fsp3) is 0.625. The first-order valence-electron chi connectivity index (χ1n) is 7.37. The highest BCUT2D eigenvalue weighted by molar-refractivity contribution is 6.31. The van der Waals surface area contributed by atoms with E-state index < -0.39 is 0 Å². The van der Waals surface area contributed by atoms with E-state index in [0.29, 0.717) is 6.54 Å². The van der Waals surface area contributed by atoms with Gasteiger partial charge in [-0.25, -0.2) is 0 Å². The van der Waals surface area contributed by atoms with Crippen LogP contribution in [0.4, 0.5) is 0 Å². The van der Waals surface area contributed by atoms with E-state index in [1.165, 1.54) is 0 Å². The van der Waals surface area contributed by atoms with E-state index in [4.69, 9.17) is 17.3 Å². The zero-order chi connectivity index (χ0) is 14.8. The molecule has 1 aromatic carbocycles. The summed E-state index contributed by atoms with van der Waals surface area (Å²) >= 11 is 6.33. The Bertz CT molecular complexity index is 434. The summed E-state index contributed by atoms with van der Waals surface area (Å²) in [5, 5.41) is 0.821. The molecule has 1 unspecified atom stereocenters. The van der Waals surface area contributed by atoms with Crippen molar-refractivity contribution in [3.05, 3.63) is 34.9 Å². The van der Waals surface area contributed by atoms with E-state index in [9.17, 15) is 0 Å². The molecule has 112 valence electrons. The molecular formula is C16H26ClN3. The van der Waals surface area contributed by atoms with Crippen molar-refractivity contribution in [3.8, 4) is 0 Å². The van der Waals surface area contributed by atoms with Gasteiger partial charge in [0.15, 0.2) is 0 Å². The second kappa shape index (κ2) is 6.44. The third-order valence-electron chi connectivity index (χ3n) is 4.19. The molecule has 0 aromatic heterocycles. The lowest BCUT2D eigenvalue weighted by molar-refractivity contribution is 0.0434. The monoisotopic (exact) mass is 295 g/mol. The highest BCUT2D eigenvalue weighted by atomic mass is 35.5. The predicted octanol–water partition coefficient (Wildman–Crippen LogP) is 2.76. The lowest BCUT2D eigenvalue weighted by Crippen LogP contribution is -2.54. The molecule has 1 saturated heterocycles. The number of hydrogen-bond donors (Lipinski definition) is 1. The molecule has 1 aromatic rings. The van der Waals surface area contributed by atoms with E-state index in [1.54, 1.807) is 0 Å². The van der Waals surface area contributed by atoms with E-state index >= 15 is 0 Å². The standard InChI is InChI=1S/C16H26ClN3/c1-16(2,3)20-10-8-19(9-11-20)15(12-18)13-6-4-5-7-14(13)17/h4-7,15H,8-12,18H2,1-3H3. The van der Waals surface area contributed by atoms with Crippen LogP contribution in [-0.4, -0.2) is 48.1 Å². The maximum absolute atomic E-state index is 6.33. The first-order chi connectivity index (χ1) is 9.43. The van der Waals surface area contributed by atoms with Crippen LogP contribution in [0.2, 0.25) is 5.02 Å². The van der Waals surface area contributed by atoms with Crippen molar-refractivity contribution in [2.75, 3.05) is 32.7 Å². The Morgan fingerprint density at radius 1 is 1.15 bits per heavy atom. The molecule has 1 fully saturated rings. The van der Waals surface area contributed by atoms with Gasteiger partial charge in [0.1, 0.15) is 0 Å². The van der Waals surface area contributed by atoms with Crippen molar-refractivity contribution in [2.45, 2.75) is 32.4 Å². The smallest absolute Gasteiger partial charge is 0.0486 e. The predicted molar refractivity (Wildman–Crippen MR) is 86.1 cm³/mol. The summed E-state index contributed by atoms with van der Waals surface area (Å²) < 4.78 is 0. The number of nitrogens with zero attached hydrogens (tertiary/aromatic N) is 2. The van der Waals surface area contributed by atoms with Crippen molar-refractivity contribution in [1.29, 1.82) is 0 Å². The first kappa shape index (κ1) is 15.8. The summed E-state index contributed by atoms with van der Waals surface area (Å²) in [5.74, 6) is 0. The number of nitrogens with two attached hydrogens (primary N) is 1. The number of halogens is 1. The van der Waals surface area contributed by atoms with Crippen LogP contribution in [0.15, 0.2) is 24.3 Å². The van der Waals surface area contributed by atoms with Crippen molar-refractivity contribution in [2.24, 2.45) is 5.73 Å². The summed E-state index contributed by atoms with van der Waals surface area (Å²) in [6.07, 6.45) is 0. The van der Waals surface area contributed by atoms with Crippen LogP contribution < -0.4 is 5.73 Å². The number of hydrogen-bond acceptors (Lipinski definition) is 3. The molecule has 3 nitrogen and oxygen atoms in total. The minimum Gasteiger partial charge on any atom is -0.329 e. The molecule has 0 radical (unpaired) electrons. The van der Waals surface area contributed by atoms with Crippen LogP contribution in [-0.2, 0) is 0 Å². The van der Waals surface area contributed by atoms with E-state index in [-0.39, 0.29) is 11.6 Å². The molecule has 20 heavy (non-hydrogen) atoms. The maximum atomic E-state index is 6.33. The van der Waals surface area contributed by atoms with Gasteiger partial charge in [0.05, 0.1) is 0 Å². The van der Waals surface area contributed by atoms with Gasteiger partial charge in [-0.15, -0.1) is 0 Å². The Hall–Kier alpha value is -0.610. The molecule has 2 N–H and O–H groups in total. The van der Waals surface area contributed by atoms with E-state index in [2.05, 4.69) is 36.6 Å². The van der Waals surface area contributed by atoms with Crippen LogP contribution in [0.3, 0.4) is 0 Å². The summed E-state index contributed by atoms with van der Waals surface area (Å²) in [4.78, 5) is 4.99. The lowest BCUT2D eigenvalue weighted by atomic mass is 10.0. The molecule has 4 heteroatoms. The van der Waals surface area contributed by atoms with Crippen molar-refractivity contribution in [3.63, 3.8) is 0 Å². The lowest BCUT2D eigenvalue weighted by Gasteiger charge is -2.44. The van der Waals surface area contributed by atoms with E-state index in [0.717, 1.165) is 36.8 Å². The van der Waals surface area contributed by atoms with Crippen LogP contribution >= 0.6 is 11.6 Å². The molecule has 0 amide bonds. The van der Waals surface area contributed by atoms with Gasteiger partial charge in [-0.05, 0) is 32.4 Å². The molecule has 0 aliphatic carbocycles. The Morgan fingerprint density at radius 2 is 1.75 bits per heavy atom. The Morgan fingerprint density at radius 3 is 2.25 bits per heavy atom. The van der Waals surface area contributed by atoms with Crippen molar-refractivity contribution < 1.29 is 0 Å². The molecule has 0 spiro atoms. The summed E-state index contributed by atoms with van der Waals surface area (Å²) in [6, 6.07) is 8.28. The van der Waals surface area contributed by atoms with Crippen LogP contribution in [0, 0.1) is 0 Å². The molecule has 1 aliphatic rings. The summed E-state index contributed by atoms with van der Waals surface area (Å²) in [6.45, 7) is 11.7. The highest BCUT2D eigenvalue weighted by Crippen LogP contribution is 2.28. The Kier molecular flexibility index (Phi) is 5.08. The normalized spacial score (nSPS) is 20.1. The highest BCUT2D eigenvalue weighted by Gasteiger charge is 2.29. The minimum atomic E-state index is 0.228. The van der Waals surface area contributed by atoms with Gasteiger partial charge in [-0.3, -0.25) is 9.80 Å². The third-order valence-corrected chi connectivity index (χ3v) is 4.54. The van der Waals surface area contributed by atoms with Crippen LogP contribution in [0.1, 0.15) is 32.4 Å². The van der Waals surface area contributed by atoms with Crippen molar-refractivity contribution in [1.82, 2.24) is 9.80 Å². The Labute approximate surface area is 127 Å². The average molecular weight is 296 g/mol. The third kappa shape index (κ3) is 3.53. The molecule has 0 saturated carbocycles. The summed E-state index contributed by atoms with van der Waals surface area (Å²) in [7, 11) is 0. The van der Waals surface area contributed by atoms with E-state index in [1.807, 2.05) is 18.2 Å². The Balaban J connectivity index is 2.06. The van der Waals surface area contributed by atoms with Gasteiger partial charge in [-0.1, -0.05) is 29.8 Å². The average Bonchev–Trinajstić information content (AvgIpc) is 2.41. The van der Waals surface area contributed by atoms with Gasteiger partial charge < -0.3 is 5.73 Å². The number of piperazine rings is 1. The van der Waals surface area contributed by atoms with Crippen LogP contribution in [0.25, 0.3) is 0 Å². The molecule has 1 heterocycles. The molecule has 2 rings (SSSR count). The SMILES string of the molecule is CC(C)(C)N1CCN(C(CN)c2ccccc2Cl)CC1. The summed E-state index contributed by atoms with van der Waals surface area (Å²) in [5.41, 5.74) is 7.41. The topological polar surface area (TPSA) is 32.5 Å². The van der Waals surface area contributed by atoms with Gasteiger partial charge in [0.2, 0.25) is 0 Å². The molecular weight excluding hydrogens is 270 g/mol.